The van der Waals surface area contributed by atoms with Crippen molar-refractivity contribution < 1.29 is 13.2 Å². The first-order valence-corrected chi connectivity index (χ1v) is 7.46. The van der Waals surface area contributed by atoms with Gasteiger partial charge >= 0.3 is 6.18 Å². The lowest BCUT2D eigenvalue weighted by atomic mass is 10.1. The zero-order chi connectivity index (χ0) is 15.7. The molecule has 0 radical (unpaired) electrons. The van der Waals surface area contributed by atoms with Crippen LogP contribution in [0, 0.1) is 0 Å². The first-order valence-electron chi connectivity index (χ1n) is 6.66. The Morgan fingerprint density at radius 3 is 2.68 bits per heavy atom. The van der Waals surface area contributed by atoms with Crippen LogP contribution in [0.15, 0.2) is 29.0 Å². The Kier molecular flexibility index (Phi) is 4.14. The summed E-state index contributed by atoms with van der Waals surface area (Å²) in [6, 6.07) is 3.84. The molecule has 22 heavy (non-hydrogen) atoms. The molecule has 0 saturated heterocycles. The van der Waals surface area contributed by atoms with Crippen molar-refractivity contribution in [2.24, 2.45) is 0 Å². The SMILES string of the molecule is FC(F)(F)c1ncc2c(n1)CCN(Cc1ccc(Br)cn1)C2. The third-order valence-electron chi connectivity index (χ3n) is 3.44. The van der Waals surface area contributed by atoms with E-state index < -0.39 is 12.0 Å². The molecule has 1 aliphatic heterocycles. The molecule has 0 saturated carbocycles. The third kappa shape index (κ3) is 3.44. The number of aromatic nitrogens is 3. The van der Waals surface area contributed by atoms with E-state index in [4.69, 9.17) is 0 Å². The van der Waals surface area contributed by atoms with Crippen LogP contribution in [0.2, 0.25) is 0 Å². The number of halogens is 4. The van der Waals surface area contributed by atoms with Gasteiger partial charge in [0.15, 0.2) is 0 Å². The second-order valence-corrected chi connectivity index (χ2v) is 6.01. The normalized spacial score (nSPS) is 15.6. The summed E-state index contributed by atoms with van der Waals surface area (Å²) in [5, 5.41) is 0. The van der Waals surface area contributed by atoms with Crippen LogP contribution in [0.5, 0.6) is 0 Å². The fourth-order valence-corrected chi connectivity index (χ4v) is 2.61. The molecule has 0 amide bonds. The largest absolute Gasteiger partial charge is 0.451 e. The number of fused-ring (bicyclic) bond motifs is 1. The van der Waals surface area contributed by atoms with Crippen LogP contribution in [0.1, 0.15) is 22.8 Å². The van der Waals surface area contributed by atoms with Gasteiger partial charge in [0.2, 0.25) is 5.82 Å². The molecular weight excluding hydrogens is 361 g/mol. The van der Waals surface area contributed by atoms with Gasteiger partial charge in [0.1, 0.15) is 0 Å². The standard InChI is InChI=1S/C14H12BrF3N4/c15-10-1-2-11(19-6-10)8-22-4-3-12-9(7-22)5-20-13(21-12)14(16,17)18/h1-2,5-6H,3-4,7-8H2. The summed E-state index contributed by atoms with van der Waals surface area (Å²) in [7, 11) is 0. The minimum Gasteiger partial charge on any atom is -0.293 e. The number of alkyl halides is 3. The van der Waals surface area contributed by atoms with Crippen molar-refractivity contribution in [2.45, 2.75) is 25.7 Å². The highest BCUT2D eigenvalue weighted by molar-refractivity contribution is 9.10. The van der Waals surface area contributed by atoms with Gasteiger partial charge in [0, 0.05) is 48.5 Å². The summed E-state index contributed by atoms with van der Waals surface area (Å²) in [6.07, 6.45) is -0.997. The van der Waals surface area contributed by atoms with Gasteiger partial charge in [-0.05, 0) is 28.1 Å². The highest BCUT2D eigenvalue weighted by Gasteiger charge is 2.35. The minimum absolute atomic E-state index is 0.484. The second kappa shape index (κ2) is 5.92. The highest BCUT2D eigenvalue weighted by atomic mass is 79.9. The number of nitrogens with zero attached hydrogens (tertiary/aromatic N) is 4. The highest BCUT2D eigenvalue weighted by Crippen LogP contribution is 2.27. The van der Waals surface area contributed by atoms with Crippen molar-refractivity contribution in [1.82, 2.24) is 19.9 Å². The molecule has 1 aliphatic rings. The molecule has 0 aliphatic carbocycles. The molecular formula is C14H12BrF3N4. The number of pyridine rings is 1. The third-order valence-corrected chi connectivity index (χ3v) is 3.91. The van der Waals surface area contributed by atoms with E-state index in [1.54, 1.807) is 6.20 Å². The molecule has 0 aromatic carbocycles. The molecule has 0 N–H and O–H groups in total. The van der Waals surface area contributed by atoms with Crippen LogP contribution < -0.4 is 0 Å². The lowest BCUT2D eigenvalue weighted by Gasteiger charge is -2.27. The van der Waals surface area contributed by atoms with Gasteiger partial charge in [-0.2, -0.15) is 13.2 Å². The number of rotatable bonds is 2. The summed E-state index contributed by atoms with van der Waals surface area (Å²) >= 11 is 3.33. The van der Waals surface area contributed by atoms with Gasteiger partial charge in [0.05, 0.1) is 11.4 Å². The van der Waals surface area contributed by atoms with Crippen LogP contribution >= 0.6 is 15.9 Å². The molecule has 0 bridgehead atoms. The molecule has 3 heterocycles. The minimum atomic E-state index is -4.49. The maximum atomic E-state index is 12.6. The maximum absolute atomic E-state index is 12.6. The molecule has 0 spiro atoms. The Bertz CT molecular complexity index is 673. The van der Waals surface area contributed by atoms with Gasteiger partial charge in [0.25, 0.3) is 0 Å². The number of hydrogen-bond donors (Lipinski definition) is 0. The Morgan fingerprint density at radius 1 is 1.18 bits per heavy atom. The summed E-state index contributed by atoms with van der Waals surface area (Å²) in [4.78, 5) is 13.5. The Balaban J connectivity index is 1.73. The van der Waals surface area contributed by atoms with Crippen molar-refractivity contribution >= 4 is 15.9 Å². The van der Waals surface area contributed by atoms with E-state index in [0.717, 1.165) is 15.7 Å². The predicted molar refractivity (Wildman–Crippen MR) is 76.8 cm³/mol. The molecule has 2 aromatic rings. The van der Waals surface area contributed by atoms with E-state index in [9.17, 15) is 13.2 Å². The summed E-state index contributed by atoms with van der Waals surface area (Å²) in [5.74, 6) is -1.06. The van der Waals surface area contributed by atoms with Crippen LogP contribution in [0.4, 0.5) is 13.2 Å². The molecule has 0 fully saturated rings. The molecule has 3 rings (SSSR count). The van der Waals surface area contributed by atoms with Gasteiger partial charge < -0.3 is 0 Å². The van der Waals surface area contributed by atoms with Gasteiger partial charge in [-0.15, -0.1) is 0 Å². The summed E-state index contributed by atoms with van der Waals surface area (Å²) in [6.45, 7) is 1.83. The monoisotopic (exact) mass is 372 g/mol. The fourth-order valence-electron chi connectivity index (χ4n) is 2.38. The van der Waals surface area contributed by atoms with E-state index in [1.807, 2.05) is 12.1 Å². The lowest BCUT2D eigenvalue weighted by Crippen LogP contribution is -2.31. The first kappa shape index (κ1) is 15.4. The molecule has 0 unspecified atom stereocenters. The zero-order valence-electron chi connectivity index (χ0n) is 11.4. The molecule has 116 valence electrons. The van der Waals surface area contributed by atoms with E-state index in [2.05, 4.69) is 35.8 Å². The van der Waals surface area contributed by atoms with Crippen molar-refractivity contribution in [3.8, 4) is 0 Å². The van der Waals surface area contributed by atoms with E-state index >= 15 is 0 Å². The molecule has 0 atom stereocenters. The molecule has 4 nitrogen and oxygen atoms in total. The Morgan fingerprint density at radius 2 is 2.00 bits per heavy atom. The Hall–Kier alpha value is -1.54. The molecule has 2 aromatic heterocycles. The zero-order valence-corrected chi connectivity index (χ0v) is 13.0. The first-order chi connectivity index (χ1) is 10.4. The van der Waals surface area contributed by atoms with Crippen molar-refractivity contribution in [2.75, 3.05) is 6.54 Å². The maximum Gasteiger partial charge on any atom is 0.451 e. The van der Waals surface area contributed by atoms with Gasteiger partial charge in [-0.25, -0.2) is 9.97 Å². The lowest BCUT2D eigenvalue weighted by molar-refractivity contribution is -0.145. The van der Waals surface area contributed by atoms with Crippen LogP contribution in [0.3, 0.4) is 0 Å². The van der Waals surface area contributed by atoms with Crippen molar-refractivity contribution in [1.29, 1.82) is 0 Å². The predicted octanol–water partition coefficient (Wildman–Crippen LogP) is 3.21. The van der Waals surface area contributed by atoms with Crippen LogP contribution in [-0.4, -0.2) is 26.4 Å². The second-order valence-electron chi connectivity index (χ2n) is 5.09. The average Bonchev–Trinajstić information content (AvgIpc) is 2.48. The Labute approximate surface area is 133 Å². The van der Waals surface area contributed by atoms with Crippen molar-refractivity contribution in [3.63, 3.8) is 0 Å². The summed E-state index contributed by atoms with van der Waals surface area (Å²) in [5.41, 5.74) is 2.15. The summed E-state index contributed by atoms with van der Waals surface area (Å²) < 4.78 is 38.7. The van der Waals surface area contributed by atoms with Crippen LogP contribution in [-0.2, 0) is 25.7 Å². The molecule has 8 heteroatoms. The topological polar surface area (TPSA) is 41.9 Å². The van der Waals surface area contributed by atoms with Crippen molar-refractivity contribution in [3.05, 3.63) is 51.8 Å². The number of hydrogen-bond acceptors (Lipinski definition) is 4. The van der Waals surface area contributed by atoms with Crippen LogP contribution in [0.25, 0.3) is 0 Å². The quantitative estimate of drug-likeness (QED) is 0.811. The van der Waals surface area contributed by atoms with E-state index in [-0.39, 0.29) is 0 Å². The van der Waals surface area contributed by atoms with Gasteiger partial charge in [-0.3, -0.25) is 9.88 Å². The fraction of sp³-hybridized carbons (Fsp3) is 0.357. The average molecular weight is 373 g/mol. The van der Waals surface area contributed by atoms with Gasteiger partial charge in [-0.1, -0.05) is 0 Å². The van der Waals surface area contributed by atoms with E-state index in [0.29, 0.717) is 31.7 Å². The smallest absolute Gasteiger partial charge is 0.293 e. The van der Waals surface area contributed by atoms with E-state index in [1.165, 1.54) is 6.20 Å².